The number of rotatable bonds is 7. The Morgan fingerprint density at radius 1 is 1.03 bits per heavy atom. The molecule has 0 aliphatic heterocycles. The van der Waals surface area contributed by atoms with Gasteiger partial charge in [0.15, 0.2) is 0 Å². The predicted molar refractivity (Wildman–Crippen MR) is 109 cm³/mol. The quantitative estimate of drug-likeness (QED) is 0.557. The molecular formula is C21H18FN3O3S. The molecule has 148 valence electrons. The SMILES string of the molecule is NC(=O)c1cc(NC(=O)C(Cc2ccccc2)NC(=O)c2cccs2)ccc1F. The molecule has 1 unspecified atom stereocenters. The Balaban J connectivity index is 1.80. The summed E-state index contributed by atoms with van der Waals surface area (Å²) in [4.78, 5) is 37.1. The molecule has 0 saturated carbocycles. The first-order valence-electron chi connectivity index (χ1n) is 8.72. The van der Waals surface area contributed by atoms with E-state index < -0.39 is 23.7 Å². The lowest BCUT2D eigenvalue weighted by molar-refractivity contribution is -0.118. The van der Waals surface area contributed by atoms with Gasteiger partial charge in [0.1, 0.15) is 11.9 Å². The number of thiophene rings is 1. The Hall–Kier alpha value is -3.52. The molecule has 0 fully saturated rings. The van der Waals surface area contributed by atoms with Crippen LogP contribution in [0.25, 0.3) is 0 Å². The molecule has 3 amide bonds. The van der Waals surface area contributed by atoms with Gasteiger partial charge in [-0.05, 0) is 35.2 Å². The molecular weight excluding hydrogens is 393 g/mol. The third kappa shape index (κ3) is 5.26. The third-order valence-electron chi connectivity index (χ3n) is 4.15. The van der Waals surface area contributed by atoms with Crippen LogP contribution in [0.1, 0.15) is 25.6 Å². The molecule has 1 aromatic heterocycles. The second kappa shape index (κ2) is 9.11. The Bertz CT molecular complexity index is 1020. The molecule has 8 heteroatoms. The fourth-order valence-corrected chi connectivity index (χ4v) is 3.34. The summed E-state index contributed by atoms with van der Waals surface area (Å²) in [5, 5.41) is 7.11. The van der Waals surface area contributed by atoms with Crippen molar-refractivity contribution in [1.82, 2.24) is 5.32 Å². The molecule has 3 aromatic rings. The second-order valence-corrected chi connectivity index (χ2v) is 7.19. The highest BCUT2D eigenvalue weighted by Crippen LogP contribution is 2.16. The van der Waals surface area contributed by atoms with E-state index in [9.17, 15) is 18.8 Å². The van der Waals surface area contributed by atoms with Gasteiger partial charge in [0.2, 0.25) is 5.91 Å². The molecule has 29 heavy (non-hydrogen) atoms. The Kier molecular flexibility index (Phi) is 6.36. The fraction of sp³-hybridized carbons (Fsp3) is 0.0952. The zero-order valence-corrected chi connectivity index (χ0v) is 16.0. The standard InChI is InChI=1S/C21H18FN3O3S/c22-16-9-8-14(12-15(16)19(23)26)24-20(27)17(11-13-5-2-1-3-6-13)25-21(28)18-7-4-10-29-18/h1-10,12,17H,11H2,(H2,23,26)(H,24,27)(H,25,28). The van der Waals surface area contributed by atoms with Crippen LogP contribution in [0.5, 0.6) is 0 Å². The van der Waals surface area contributed by atoms with Gasteiger partial charge in [0.05, 0.1) is 10.4 Å². The third-order valence-corrected chi connectivity index (χ3v) is 5.02. The molecule has 0 radical (unpaired) electrons. The fourth-order valence-electron chi connectivity index (χ4n) is 2.72. The van der Waals surface area contributed by atoms with Crippen molar-refractivity contribution in [2.45, 2.75) is 12.5 Å². The van der Waals surface area contributed by atoms with Gasteiger partial charge in [-0.15, -0.1) is 11.3 Å². The van der Waals surface area contributed by atoms with Crippen molar-refractivity contribution >= 4 is 34.7 Å². The van der Waals surface area contributed by atoms with E-state index in [2.05, 4.69) is 10.6 Å². The van der Waals surface area contributed by atoms with Gasteiger partial charge in [-0.25, -0.2) is 4.39 Å². The predicted octanol–water partition coefficient (Wildman–Crippen LogP) is 2.97. The lowest BCUT2D eigenvalue weighted by Crippen LogP contribution is -2.45. The van der Waals surface area contributed by atoms with Crippen molar-refractivity contribution in [1.29, 1.82) is 0 Å². The summed E-state index contributed by atoms with van der Waals surface area (Å²) in [7, 11) is 0. The number of carbonyl (C=O) groups excluding carboxylic acids is 3. The van der Waals surface area contributed by atoms with Gasteiger partial charge in [-0.1, -0.05) is 36.4 Å². The molecule has 3 rings (SSSR count). The maximum absolute atomic E-state index is 13.7. The number of amides is 3. The van der Waals surface area contributed by atoms with Crippen LogP contribution in [0.4, 0.5) is 10.1 Å². The number of benzene rings is 2. The average molecular weight is 411 g/mol. The zero-order valence-electron chi connectivity index (χ0n) is 15.2. The zero-order chi connectivity index (χ0) is 20.8. The topological polar surface area (TPSA) is 101 Å². The van der Waals surface area contributed by atoms with Crippen LogP contribution >= 0.6 is 11.3 Å². The lowest BCUT2D eigenvalue weighted by Gasteiger charge is -2.18. The van der Waals surface area contributed by atoms with Crippen LogP contribution in [0.3, 0.4) is 0 Å². The molecule has 0 aliphatic rings. The summed E-state index contributed by atoms with van der Waals surface area (Å²) in [5.41, 5.74) is 5.88. The summed E-state index contributed by atoms with van der Waals surface area (Å²) >= 11 is 1.26. The van der Waals surface area contributed by atoms with Gasteiger partial charge in [-0.2, -0.15) is 0 Å². The first-order chi connectivity index (χ1) is 13.9. The number of hydrogen-bond donors (Lipinski definition) is 3. The highest BCUT2D eigenvalue weighted by Gasteiger charge is 2.23. The molecule has 0 aliphatic carbocycles. The Morgan fingerprint density at radius 2 is 1.79 bits per heavy atom. The molecule has 0 bridgehead atoms. The molecule has 6 nitrogen and oxygen atoms in total. The number of hydrogen-bond acceptors (Lipinski definition) is 4. The van der Waals surface area contributed by atoms with Crippen molar-refractivity contribution < 1.29 is 18.8 Å². The normalized spacial score (nSPS) is 11.5. The highest BCUT2D eigenvalue weighted by atomic mass is 32.1. The van der Waals surface area contributed by atoms with E-state index >= 15 is 0 Å². The van der Waals surface area contributed by atoms with Crippen molar-refractivity contribution in [3.8, 4) is 0 Å². The smallest absolute Gasteiger partial charge is 0.262 e. The molecule has 0 saturated heterocycles. The number of nitrogens with one attached hydrogen (secondary N) is 2. The van der Waals surface area contributed by atoms with Gasteiger partial charge in [-0.3, -0.25) is 14.4 Å². The van der Waals surface area contributed by atoms with Crippen molar-refractivity contribution in [3.05, 3.63) is 87.9 Å². The van der Waals surface area contributed by atoms with Crippen LogP contribution in [0.15, 0.2) is 66.0 Å². The monoisotopic (exact) mass is 411 g/mol. The van der Waals surface area contributed by atoms with E-state index in [1.807, 2.05) is 30.3 Å². The van der Waals surface area contributed by atoms with E-state index in [1.165, 1.54) is 17.4 Å². The number of halogens is 1. The minimum absolute atomic E-state index is 0.202. The second-order valence-electron chi connectivity index (χ2n) is 6.24. The van der Waals surface area contributed by atoms with Crippen LogP contribution in [-0.4, -0.2) is 23.8 Å². The largest absolute Gasteiger partial charge is 0.366 e. The van der Waals surface area contributed by atoms with Crippen LogP contribution in [0.2, 0.25) is 0 Å². The number of primary amides is 1. The van der Waals surface area contributed by atoms with Crippen molar-refractivity contribution in [2.24, 2.45) is 5.73 Å². The van der Waals surface area contributed by atoms with E-state index in [1.54, 1.807) is 17.5 Å². The first-order valence-corrected chi connectivity index (χ1v) is 9.60. The summed E-state index contributed by atoms with van der Waals surface area (Å²) in [6.07, 6.45) is 0.258. The summed E-state index contributed by atoms with van der Waals surface area (Å²) in [6, 6.07) is 15.3. The molecule has 1 atom stereocenters. The summed E-state index contributed by atoms with van der Waals surface area (Å²) in [6.45, 7) is 0. The average Bonchev–Trinajstić information content (AvgIpc) is 3.24. The van der Waals surface area contributed by atoms with E-state index in [0.717, 1.165) is 17.7 Å². The van der Waals surface area contributed by atoms with Crippen LogP contribution in [-0.2, 0) is 11.2 Å². The van der Waals surface area contributed by atoms with Gasteiger partial charge < -0.3 is 16.4 Å². The van der Waals surface area contributed by atoms with E-state index in [-0.39, 0.29) is 23.6 Å². The van der Waals surface area contributed by atoms with Crippen molar-refractivity contribution in [3.63, 3.8) is 0 Å². The number of anilines is 1. The highest BCUT2D eigenvalue weighted by molar-refractivity contribution is 7.12. The van der Waals surface area contributed by atoms with E-state index in [0.29, 0.717) is 4.88 Å². The van der Waals surface area contributed by atoms with Crippen molar-refractivity contribution in [2.75, 3.05) is 5.32 Å². The maximum Gasteiger partial charge on any atom is 0.262 e. The molecule has 0 spiro atoms. The minimum Gasteiger partial charge on any atom is -0.366 e. The minimum atomic E-state index is -0.939. The van der Waals surface area contributed by atoms with E-state index in [4.69, 9.17) is 5.73 Å². The van der Waals surface area contributed by atoms with Crippen LogP contribution < -0.4 is 16.4 Å². The lowest BCUT2D eigenvalue weighted by atomic mass is 10.0. The molecule has 2 aromatic carbocycles. The Labute approximate surface area is 170 Å². The molecule has 4 N–H and O–H groups in total. The number of nitrogens with two attached hydrogens (primary N) is 1. The maximum atomic E-state index is 13.7. The van der Waals surface area contributed by atoms with Gasteiger partial charge >= 0.3 is 0 Å². The summed E-state index contributed by atoms with van der Waals surface area (Å²) < 4.78 is 13.7. The van der Waals surface area contributed by atoms with Gasteiger partial charge in [0, 0.05) is 12.1 Å². The number of carbonyl (C=O) groups is 3. The first kappa shape index (κ1) is 20.2. The summed E-state index contributed by atoms with van der Waals surface area (Å²) in [5.74, 6) is -2.58. The Morgan fingerprint density at radius 3 is 2.45 bits per heavy atom. The molecule has 1 heterocycles. The van der Waals surface area contributed by atoms with Crippen LogP contribution in [0, 0.1) is 5.82 Å². The van der Waals surface area contributed by atoms with Gasteiger partial charge in [0.25, 0.3) is 11.8 Å².